The van der Waals surface area contributed by atoms with Crippen LogP contribution in [0.4, 0.5) is 0 Å². The number of hydrogen-bond acceptors (Lipinski definition) is 5. The molecule has 4 rings (SSSR count). The van der Waals surface area contributed by atoms with Crippen molar-refractivity contribution in [3.05, 3.63) is 47.2 Å². The fraction of sp³-hybridized carbons (Fsp3) is 0.476. The summed E-state index contributed by atoms with van der Waals surface area (Å²) in [6.45, 7) is 8.07. The summed E-state index contributed by atoms with van der Waals surface area (Å²) in [7, 11) is 2.11. The van der Waals surface area contributed by atoms with Gasteiger partial charge in [-0.25, -0.2) is 0 Å². The second-order valence-corrected chi connectivity index (χ2v) is 7.82. The Balaban J connectivity index is 1.49. The number of benzene rings is 1. The van der Waals surface area contributed by atoms with Crippen LogP contribution in [0.15, 0.2) is 30.5 Å². The van der Waals surface area contributed by atoms with Crippen molar-refractivity contribution in [1.29, 1.82) is 0 Å². The molecule has 1 spiro atoms. The molecule has 0 saturated carbocycles. The van der Waals surface area contributed by atoms with Gasteiger partial charge in [0.2, 0.25) is 0 Å². The number of likely N-dealkylation sites (tertiary alicyclic amines) is 1. The first-order valence-corrected chi connectivity index (χ1v) is 9.49. The van der Waals surface area contributed by atoms with Crippen molar-refractivity contribution in [3.63, 3.8) is 0 Å². The third-order valence-corrected chi connectivity index (χ3v) is 5.80. The molecule has 2 aliphatic heterocycles. The van der Waals surface area contributed by atoms with Crippen LogP contribution >= 0.6 is 0 Å². The number of rotatable bonds is 2. The van der Waals surface area contributed by atoms with Crippen LogP contribution in [0.2, 0.25) is 0 Å². The van der Waals surface area contributed by atoms with E-state index in [1.165, 1.54) is 0 Å². The Morgan fingerprint density at radius 2 is 1.93 bits per heavy atom. The zero-order valence-corrected chi connectivity index (χ0v) is 16.2. The van der Waals surface area contributed by atoms with Gasteiger partial charge in [-0.2, -0.15) is 10.2 Å². The van der Waals surface area contributed by atoms with Gasteiger partial charge < -0.3 is 14.5 Å². The molecule has 2 aromatic rings. The SMILES string of the molecule is Cc1cnnc(-c2ccc(C(=O)N3CCC4(CN(C)CCO4)C3)cc2)c1C. The number of aryl methyl sites for hydroxylation is 1. The first kappa shape index (κ1) is 18.1. The minimum atomic E-state index is -0.198. The maximum Gasteiger partial charge on any atom is 0.253 e. The highest BCUT2D eigenvalue weighted by Crippen LogP contribution is 2.30. The third kappa shape index (κ3) is 3.47. The van der Waals surface area contributed by atoms with E-state index < -0.39 is 0 Å². The molecule has 1 amide bonds. The van der Waals surface area contributed by atoms with Crippen molar-refractivity contribution in [2.75, 3.05) is 39.8 Å². The number of morpholine rings is 1. The molecule has 0 aliphatic carbocycles. The standard InChI is InChI=1S/C21H26N4O2/c1-15-12-22-23-19(16(15)2)17-4-6-18(7-5-17)20(26)25-9-8-21(14-25)13-24(3)10-11-27-21/h4-7,12H,8-11,13-14H2,1-3H3. The molecule has 1 aromatic carbocycles. The van der Waals surface area contributed by atoms with Crippen LogP contribution in [0.25, 0.3) is 11.3 Å². The lowest BCUT2D eigenvalue weighted by Gasteiger charge is -2.38. The molecule has 2 saturated heterocycles. The first-order chi connectivity index (χ1) is 13.0. The number of aromatic nitrogens is 2. The number of ether oxygens (including phenoxy) is 1. The molecule has 1 unspecified atom stereocenters. The van der Waals surface area contributed by atoms with Crippen molar-refractivity contribution in [1.82, 2.24) is 20.0 Å². The molecule has 6 heteroatoms. The lowest BCUT2D eigenvalue weighted by molar-refractivity contribution is -0.0935. The highest BCUT2D eigenvalue weighted by atomic mass is 16.5. The van der Waals surface area contributed by atoms with Crippen LogP contribution in [-0.4, -0.2) is 71.3 Å². The van der Waals surface area contributed by atoms with E-state index in [1.807, 2.05) is 43.0 Å². The summed E-state index contributed by atoms with van der Waals surface area (Å²) in [5, 5.41) is 8.31. The van der Waals surface area contributed by atoms with Crippen molar-refractivity contribution in [2.45, 2.75) is 25.9 Å². The Bertz CT molecular complexity index is 852. The highest BCUT2D eigenvalue weighted by molar-refractivity contribution is 5.95. The Morgan fingerprint density at radius 3 is 2.67 bits per heavy atom. The molecule has 2 aliphatic rings. The lowest BCUT2D eigenvalue weighted by atomic mass is 10.0. The van der Waals surface area contributed by atoms with E-state index >= 15 is 0 Å². The first-order valence-electron chi connectivity index (χ1n) is 9.49. The van der Waals surface area contributed by atoms with E-state index in [4.69, 9.17) is 4.74 Å². The van der Waals surface area contributed by atoms with E-state index in [9.17, 15) is 4.79 Å². The number of likely N-dealkylation sites (N-methyl/N-ethyl adjacent to an activating group) is 1. The Kier molecular flexibility index (Phi) is 4.70. The van der Waals surface area contributed by atoms with Crippen molar-refractivity contribution < 1.29 is 9.53 Å². The van der Waals surface area contributed by atoms with E-state index in [2.05, 4.69) is 22.1 Å². The van der Waals surface area contributed by atoms with Crippen molar-refractivity contribution in [3.8, 4) is 11.3 Å². The van der Waals surface area contributed by atoms with Gasteiger partial charge >= 0.3 is 0 Å². The molecular weight excluding hydrogens is 340 g/mol. The number of carbonyl (C=O) groups excluding carboxylic acids is 1. The van der Waals surface area contributed by atoms with E-state index in [-0.39, 0.29) is 11.5 Å². The van der Waals surface area contributed by atoms with Crippen molar-refractivity contribution >= 4 is 5.91 Å². The quantitative estimate of drug-likeness (QED) is 0.816. The van der Waals surface area contributed by atoms with Gasteiger partial charge in [-0.15, -0.1) is 0 Å². The van der Waals surface area contributed by atoms with Gasteiger partial charge in [-0.3, -0.25) is 4.79 Å². The predicted octanol–water partition coefficient (Wildman–Crippen LogP) is 2.31. The lowest BCUT2D eigenvalue weighted by Crippen LogP contribution is -2.52. The summed E-state index contributed by atoms with van der Waals surface area (Å²) in [6.07, 6.45) is 2.67. The smallest absolute Gasteiger partial charge is 0.253 e. The van der Waals surface area contributed by atoms with Gasteiger partial charge in [-0.1, -0.05) is 12.1 Å². The zero-order chi connectivity index (χ0) is 19.0. The van der Waals surface area contributed by atoms with E-state index in [0.29, 0.717) is 12.1 Å². The monoisotopic (exact) mass is 366 g/mol. The summed E-state index contributed by atoms with van der Waals surface area (Å²) in [5.41, 5.74) is 4.59. The fourth-order valence-electron chi connectivity index (χ4n) is 4.06. The van der Waals surface area contributed by atoms with E-state index in [1.54, 1.807) is 6.20 Å². The number of hydrogen-bond donors (Lipinski definition) is 0. The van der Waals surface area contributed by atoms with Gasteiger partial charge in [0.25, 0.3) is 5.91 Å². The molecule has 0 N–H and O–H groups in total. The molecular formula is C21H26N4O2. The van der Waals surface area contributed by atoms with Crippen LogP contribution in [0.1, 0.15) is 27.9 Å². The van der Waals surface area contributed by atoms with Crippen LogP contribution in [0, 0.1) is 13.8 Å². The second kappa shape index (κ2) is 7.02. The zero-order valence-electron chi connectivity index (χ0n) is 16.2. The van der Waals surface area contributed by atoms with Crippen LogP contribution in [0.3, 0.4) is 0 Å². The Hall–Kier alpha value is -2.31. The maximum atomic E-state index is 13.0. The summed E-state index contributed by atoms with van der Waals surface area (Å²) in [6, 6.07) is 7.70. The molecule has 2 fully saturated rings. The normalized spacial score (nSPS) is 23.1. The topological polar surface area (TPSA) is 58.6 Å². The molecule has 142 valence electrons. The Morgan fingerprint density at radius 1 is 1.15 bits per heavy atom. The number of nitrogens with zero attached hydrogens (tertiary/aromatic N) is 4. The van der Waals surface area contributed by atoms with Gasteiger partial charge in [0.05, 0.1) is 25.0 Å². The van der Waals surface area contributed by atoms with E-state index in [0.717, 1.165) is 55.0 Å². The van der Waals surface area contributed by atoms with Crippen LogP contribution in [0.5, 0.6) is 0 Å². The number of amides is 1. The molecule has 1 aromatic heterocycles. The average Bonchev–Trinajstić information content (AvgIpc) is 3.06. The molecule has 3 heterocycles. The summed E-state index contributed by atoms with van der Waals surface area (Å²) < 4.78 is 6.06. The van der Waals surface area contributed by atoms with Gasteiger partial charge in [0.15, 0.2) is 0 Å². The van der Waals surface area contributed by atoms with Gasteiger partial charge in [0.1, 0.15) is 5.60 Å². The Labute approximate surface area is 160 Å². The summed E-state index contributed by atoms with van der Waals surface area (Å²) in [5.74, 6) is 0.0716. The minimum Gasteiger partial charge on any atom is -0.370 e. The van der Waals surface area contributed by atoms with Gasteiger partial charge in [-0.05, 0) is 50.6 Å². The molecule has 0 radical (unpaired) electrons. The van der Waals surface area contributed by atoms with Crippen LogP contribution < -0.4 is 0 Å². The number of carbonyl (C=O) groups is 1. The molecule has 1 atom stereocenters. The minimum absolute atomic E-state index is 0.0716. The fourth-order valence-corrected chi connectivity index (χ4v) is 4.06. The second-order valence-electron chi connectivity index (χ2n) is 7.82. The summed E-state index contributed by atoms with van der Waals surface area (Å²) >= 11 is 0. The largest absolute Gasteiger partial charge is 0.370 e. The highest BCUT2D eigenvalue weighted by Gasteiger charge is 2.43. The van der Waals surface area contributed by atoms with Gasteiger partial charge in [0, 0.05) is 30.8 Å². The van der Waals surface area contributed by atoms with Crippen molar-refractivity contribution in [2.24, 2.45) is 0 Å². The molecule has 0 bridgehead atoms. The summed E-state index contributed by atoms with van der Waals surface area (Å²) in [4.78, 5) is 17.2. The maximum absolute atomic E-state index is 13.0. The predicted molar refractivity (Wildman–Crippen MR) is 104 cm³/mol. The average molecular weight is 366 g/mol. The third-order valence-electron chi connectivity index (χ3n) is 5.80. The molecule has 27 heavy (non-hydrogen) atoms. The van der Waals surface area contributed by atoms with Crippen LogP contribution in [-0.2, 0) is 4.74 Å². The molecule has 6 nitrogen and oxygen atoms in total.